The summed E-state index contributed by atoms with van der Waals surface area (Å²) in [5, 5.41) is 5.90. The van der Waals surface area contributed by atoms with Gasteiger partial charge in [-0.3, -0.25) is 4.79 Å². The maximum absolute atomic E-state index is 12.1. The van der Waals surface area contributed by atoms with Crippen LogP contribution in [0.5, 0.6) is 0 Å². The van der Waals surface area contributed by atoms with Crippen LogP contribution in [0.25, 0.3) is 0 Å². The van der Waals surface area contributed by atoms with Crippen LogP contribution in [0.2, 0.25) is 0 Å². The zero-order chi connectivity index (χ0) is 13.8. The Balaban J connectivity index is 2.00. The third kappa shape index (κ3) is 3.32. The second kappa shape index (κ2) is 5.84. The molecule has 2 aromatic rings. The topological polar surface area (TPSA) is 68.0 Å². The lowest BCUT2D eigenvalue weighted by atomic mass is 10.1. The standard InChI is InChI=1S/C14H17N3OS/c1-9-3-4-11(15)7-12(9)13(18)17-8-10(2)14-16-5-6-19-14/h3-7,10H,8,15H2,1-2H3,(H,17,18). The van der Waals surface area contributed by atoms with E-state index in [9.17, 15) is 4.79 Å². The molecule has 0 aliphatic heterocycles. The van der Waals surface area contributed by atoms with Crippen molar-refractivity contribution in [2.45, 2.75) is 19.8 Å². The van der Waals surface area contributed by atoms with E-state index >= 15 is 0 Å². The number of hydrogen-bond donors (Lipinski definition) is 2. The minimum atomic E-state index is -0.0896. The number of benzene rings is 1. The molecule has 1 atom stereocenters. The molecule has 1 heterocycles. The first-order chi connectivity index (χ1) is 9.08. The Labute approximate surface area is 116 Å². The highest BCUT2D eigenvalue weighted by atomic mass is 32.1. The number of nitrogens with two attached hydrogens (primary N) is 1. The summed E-state index contributed by atoms with van der Waals surface area (Å²) in [6.07, 6.45) is 1.78. The van der Waals surface area contributed by atoms with Gasteiger partial charge in [0.2, 0.25) is 0 Å². The first-order valence-electron chi connectivity index (χ1n) is 6.11. The van der Waals surface area contributed by atoms with Crippen LogP contribution in [0, 0.1) is 6.92 Å². The lowest BCUT2D eigenvalue weighted by Gasteiger charge is -2.11. The Kier molecular flexibility index (Phi) is 4.16. The molecule has 0 bridgehead atoms. The predicted octanol–water partition coefficient (Wildman–Crippen LogP) is 2.57. The van der Waals surface area contributed by atoms with Gasteiger partial charge in [0, 0.05) is 35.3 Å². The first-order valence-corrected chi connectivity index (χ1v) is 6.99. The number of anilines is 1. The summed E-state index contributed by atoms with van der Waals surface area (Å²) < 4.78 is 0. The monoisotopic (exact) mass is 275 g/mol. The molecule has 100 valence electrons. The fourth-order valence-corrected chi connectivity index (χ4v) is 2.49. The molecule has 3 N–H and O–H groups in total. The first kappa shape index (κ1) is 13.5. The number of nitrogen functional groups attached to an aromatic ring is 1. The molecular formula is C14H17N3OS. The SMILES string of the molecule is Cc1ccc(N)cc1C(=O)NCC(C)c1nccs1. The Hall–Kier alpha value is -1.88. The van der Waals surface area contributed by atoms with E-state index in [2.05, 4.69) is 10.3 Å². The summed E-state index contributed by atoms with van der Waals surface area (Å²) in [5.41, 5.74) is 7.87. The second-order valence-corrected chi connectivity index (χ2v) is 5.48. The van der Waals surface area contributed by atoms with E-state index in [0.717, 1.165) is 10.6 Å². The van der Waals surface area contributed by atoms with Crippen LogP contribution in [0.1, 0.15) is 33.8 Å². The largest absolute Gasteiger partial charge is 0.399 e. The average Bonchev–Trinajstić information content (AvgIpc) is 2.92. The highest BCUT2D eigenvalue weighted by molar-refractivity contribution is 7.09. The van der Waals surface area contributed by atoms with Gasteiger partial charge in [-0.15, -0.1) is 11.3 Å². The van der Waals surface area contributed by atoms with E-state index < -0.39 is 0 Å². The maximum Gasteiger partial charge on any atom is 0.251 e. The van der Waals surface area contributed by atoms with Crippen molar-refractivity contribution in [3.05, 3.63) is 45.9 Å². The van der Waals surface area contributed by atoms with Gasteiger partial charge < -0.3 is 11.1 Å². The molecule has 19 heavy (non-hydrogen) atoms. The molecule has 0 saturated heterocycles. The van der Waals surface area contributed by atoms with Gasteiger partial charge in [-0.1, -0.05) is 13.0 Å². The van der Waals surface area contributed by atoms with Gasteiger partial charge in [0.15, 0.2) is 0 Å². The Morgan fingerprint density at radius 2 is 2.32 bits per heavy atom. The summed E-state index contributed by atoms with van der Waals surface area (Å²) in [7, 11) is 0. The third-order valence-electron chi connectivity index (χ3n) is 2.95. The highest BCUT2D eigenvalue weighted by Gasteiger charge is 2.13. The molecule has 0 saturated carbocycles. The summed E-state index contributed by atoms with van der Waals surface area (Å²) in [6.45, 7) is 4.52. The number of thiazole rings is 1. The van der Waals surface area contributed by atoms with Crippen LogP contribution < -0.4 is 11.1 Å². The number of aromatic nitrogens is 1. The lowest BCUT2D eigenvalue weighted by Crippen LogP contribution is -2.28. The number of carbonyl (C=O) groups excluding carboxylic acids is 1. The fraction of sp³-hybridized carbons (Fsp3) is 0.286. The Bertz CT molecular complexity index is 566. The number of aryl methyl sites for hydroxylation is 1. The molecule has 5 heteroatoms. The van der Waals surface area contributed by atoms with Gasteiger partial charge in [0.05, 0.1) is 5.01 Å². The highest BCUT2D eigenvalue weighted by Crippen LogP contribution is 2.17. The third-order valence-corrected chi connectivity index (χ3v) is 3.96. The second-order valence-electron chi connectivity index (χ2n) is 4.56. The van der Waals surface area contributed by atoms with Crippen molar-refractivity contribution in [1.29, 1.82) is 0 Å². The molecule has 1 amide bonds. The molecule has 1 unspecified atom stereocenters. The van der Waals surface area contributed by atoms with Gasteiger partial charge in [0.1, 0.15) is 0 Å². The zero-order valence-electron chi connectivity index (χ0n) is 11.0. The van der Waals surface area contributed by atoms with Gasteiger partial charge in [0.25, 0.3) is 5.91 Å². The average molecular weight is 275 g/mol. The van der Waals surface area contributed by atoms with Crippen molar-refractivity contribution < 1.29 is 4.79 Å². The van der Waals surface area contributed by atoms with Crippen molar-refractivity contribution in [1.82, 2.24) is 10.3 Å². The maximum atomic E-state index is 12.1. The van der Waals surface area contributed by atoms with Crippen LogP contribution in [0.4, 0.5) is 5.69 Å². The fourth-order valence-electron chi connectivity index (χ4n) is 1.79. The summed E-state index contributed by atoms with van der Waals surface area (Å²) in [6, 6.07) is 5.36. The van der Waals surface area contributed by atoms with Crippen LogP contribution in [-0.2, 0) is 0 Å². The molecule has 0 aliphatic carbocycles. The number of nitrogens with zero attached hydrogens (tertiary/aromatic N) is 1. The summed E-state index contributed by atoms with van der Waals surface area (Å²) >= 11 is 1.60. The molecule has 0 spiro atoms. The van der Waals surface area contributed by atoms with Gasteiger partial charge in [-0.25, -0.2) is 4.98 Å². The number of nitrogens with one attached hydrogen (secondary N) is 1. The van der Waals surface area contributed by atoms with Crippen molar-refractivity contribution in [2.24, 2.45) is 0 Å². The number of amides is 1. The quantitative estimate of drug-likeness (QED) is 0.843. The smallest absolute Gasteiger partial charge is 0.251 e. The van der Waals surface area contributed by atoms with Gasteiger partial charge in [-0.05, 0) is 24.6 Å². The summed E-state index contributed by atoms with van der Waals surface area (Å²) in [5.74, 6) is 0.124. The van der Waals surface area contributed by atoms with Crippen molar-refractivity contribution in [3.63, 3.8) is 0 Å². The van der Waals surface area contributed by atoms with Crippen LogP contribution in [0.15, 0.2) is 29.8 Å². The van der Waals surface area contributed by atoms with E-state index in [0.29, 0.717) is 17.8 Å². The molecule has 1 aromatic heterocycles. The summed E-state index contributed by atoms with van der Waals surface area (Å²) in [4.78, 5) is 16.4. The van der Waals surface area contributed by atoms with E-state index in [-0.39, 0.29) is 11.8 Å². The Morgan fingerprint density at radius 1 is 1.53 bits per heavy atom. The van der Waals surface area contributed by atoms with Crippen molar-refractivity contribution in [3.8, 4) is 0 Å². The number of carbonyl (C=O) groups is 1. The number of hydrogen-bond acceptors (Lipinski definition) is 4. The van der Waals surface area contributed by atoms with E-state index in [4.69, 9.17) is 5.73 Å². The van der Waals surface area contributed by atoms with Gasteiger partial charge >= 0.3 is 0 Å². The lowest BCUT2D eigenvalue weighted by molar-refractivity contribution is 0.0951. The van der Waals surface area contributed by atoms with Crippen molar-refractivity contribution in [2.75, 3.05) is 12.3 Å². The minimum absolute atomic E-state index is 0.0896. The molecular weight excluding hydrogens is 258 g/mol. The van der Waals surface area contributed by atoms with E-state index in [1.54, 1.807) is 29.7 Å². The van der Waals surface area contributed by atoms with E-state index in [1.807, 2.05) is 25.3 Å². The minimum Gasteiger partial charge on any atom is -0.399 e. The molecule has 0 fully saturated rings. The van der Waals surface area contributed by atoms with Crippen LogP contribution in [-0.4, -0.2) is 17.4 Å². The normalized spacial score (nSPS) is 12.1. The molecule has 0 radical (unpaired) electrons. The Morgan fingerprint density at radius 3 is 3.00 bits per heavy atom. The zero-order valence-corrected chi connectivity index (χ0v) is 11.8. The van der Waals surface area contributed by atoms with Crippen LogP contribution >= 0.6 is 11.3 Å². The number of rotatable bonds is 4. The molecule has 1 aromatic carbocycles. The van der Waals surface area contributed by atoms with Crippen molar-refractivity contribution >= 4 is 22.9 Å². The molecule has 4 nitrogen and oxygen atoms in total. The van der Waals surface area contributed by atoms with Gasteiger partial charge in [-0.2, -0.15) is 0 Å². The van der Waals surface area contributed by atoms with E-state index in [1.165, 1.54) is 0 Å². The predicted molar refractivity (Wildman–Crippen MR) is 78.5 cm³/mol. The molecule has 0 aliphatic rings. The van der Waals surface area contributed by atoms with Crippen LogP contribution in [0.3, 0.4) is 0 Å². The molecule has 2 rings (SSSR count).